The second-order valence-electron chi connectivity index (χ2n) is 6.98. The molecule has 33 heavy (non-hydrogen) atoms. The Morgan fingerprint density at radius 2 is 1.76 bits per heavy atom. The lowest BCUT2D eigenvalue weighted by atomic mass is 10.1. The number of carbonyl (C=O) groups excluding carboxylic acids is 1. The number of rotatable bonds is 9. The molecule has 3 rings (SSSR count). The predicted octanol–water partition coefficient (Wildman–Crippen LogP) is 4.65. The zero-order chi connectivity index (χ0) is 24.0. The van der Waals surface area contributed by atoms with Gasteiger partial charge in [0.25, 0.3) is 5.91 Å². The first-order valence-corrected chi connectivity index (χ1v) is 10.6. The molecule has 0 unspecified atom stereocenters. The van der Waals surface area contributed by atoms with Gasteiger partial charge >= 0.3 is 12.1 Å². The maximum absolute atomic E-state index is 13.1. The minimum Gasteiger partial charge on any atom is -0.477 e. The average Bonchev–Trinajstić information content (AvgIpc) is 3.19. The number of aliphatic hydroxyl groups excluding tert-OH is 1. The monoisotopic (exact) mass is 479 g/mol. The molecule has 174 valence electrons. The molecule has 0 aliphatic heterocycles. The van der Waals surface area contributed by atoms with E-state index in [0.717, 1.165) is 17.4 Å². The summed E-state index contributed by atoms with van der Waals surface area (Å²) in [6, 6.07) is 11.4. The summed E-state index contributed by atoms with van der Waals surface area (Å²) in [5.41, 5.74) is 0.429. The van der Waals surface area contributed by atoms with Crippen LogP contribution in [0.2, 0.25) is 0 Å². The number of aliphatic hydroxyl groups is 1. The SMILES string of the molecule is O=C(Nc1nc(CCCO)c(C(=O)O)s1)c1ccc(CNc2ccccc2C(F)(F)F)cc1. The lowest BCUT2D eigenvalue weighted by Crippen LogP contribution is -2.12. The zero-order valence-electron chi connectivity index (χ0n) is 17.1. The van der Waals surface area contributed by atoms with E-state index in [0.29, 0.717) is 12.0 Å². The molecule has 1 heterocycles. The fourth-order valence-electron chi connectivity index (χ4n) is 3.01. The van der Waals surface area contributed by atoms with Crippen LogP contribution in [0.25, 0.3) is 0 Å². The van der Waals surface area contributed by atoms with Gasteiger partial charge in [0.05, 0.1) is 11.3 Å². The zero-order valence-corrected chi connectivity index (χ0v) is 18.0. The first kappa shape index (κ1) is 24.2. The summed E-state index contributed by atoms with van der Waals surface area (Å²) < 4.78 is 39.3. The van der Waals surface area contributed by atoms with E-state index in [1.54, 1.807) is 12.1 Å². The molecule has 4 N–H and O–H groups in total. The van der Waals surface area contributed by atoms with Gasteiger partial charge in [-0.3, -0.25) is 10.1 Å². The summed E-state index contributed by atoms with van der Waals surface area (Å²) in [6.45, 7) is 0.0128. The molecule has 0 spiro atoms. The third-order valence-electron chi connectivity index (χ3n) is 4.62. The molecule has 7 nitrogen and oxygen atoms in total. The second-order valence-corrected chi connectivity index (χ2v) is 7.97. The number of nitrogens with zero attached hydrogens (tertiary/aromatic N) is 1. The highest BCUT2D eigenvalue weighted by Gasteiger charge is 2.33. The van der Waals surface area contributed by atoms with Crippen molar-refractivity contribution in [2.45, 2.75) is 25.6 Å². The standard InChI is InChI=1S/C22H20F3N3O4S/c23-22(24,25)15-4-1-2-5-16(15)26-12-13-7-9-14(10-8-13)19(30)28-21-27-17(6-3-11-29)18(33-21)20(31)32/h1-2,4-5,7-10,26,29H,3,6,11-12H2,(H,31,32)(H,27,28,30). The summed E-state index contributed by atoms with van der Waals surface area (Å²) in [5, 5.41) is 23.7. The largest absolute Gasteiger partial charge is 0.477 e. The van der Waals surface area contributed by atoms with Crippen LogP contribution >= 0.6 is 11.3 Å². The third kappa shape index (κ3) is 6.30. The first-order valence-electron chi connectivity index (χ1n) is 9.83. The third-order valence-corrected chi connectivity index (χ3v) is 5.62. The highest BCUT2D eigenvalue weighted by atomic mass is 32.1. The number of carboxylic acids is 1. The Balaban J connectivity index is 1.65. The van der Waals surface area contributed by atoms with Crippen molar-refractivity contribution in [3.05, 3.63) is 75.8 Å². The number of hydrogen-bond donors (Lipinski definition) is 4. The van der Waals surface area contributed by atoms with Gasteiger partial charge in [-0.1, -0.05) is 35.6 Å². The van der Waals surface area contributed by atoms with E-state index in [1.165, 1.54) is 30.3 Å². The van der Waals surface area contributed by atoms with Gasteiger partial charge in [0.1, 0.15) is 4.88 Å². The van der Waals surface area contributed by atoms with Gasteiger partial charge < -0.3 is 15.5 Å². The Morgan fingerprint density at radius 1 is 1.06 bits per heavy atom. The van der Waals surface area contributed by atoms with Crippen molar-refractivity contribution in [1.82, 2.24) is 4.98 Å². The molecule has 1 aromatic heterocycles. The van der Waals surface area contributed by atoms with Crippen LogP contribution in [0.5, 0.6) is 0 Å². The van der Waals surface area contributed by atoms with Crippen molar-refractivity contribution in [2.24, 2.45) is 0 Å². The fraction of sp³-hybridized carbons (Fsp3) is 0.227. The van der Waals surface area contributed by atoms with Crippen molar-refractivity contribution in [2.75, 3.05) is 17.2 Å². The van der Waals surface area contributed by atoms with Crippen molar-refractivity contribution < 1.29 is 33.0 Å². The fourth-order valence-corrected chi connectivity index (χ4v) is 3.86. The highest BCUT2D eigenvalue weighted by molar-refractivity contribution is 7.17. The van der Waals surface area contributed by atoms with Gasteiger partial charge in [0.15, 0.2) is 5.13 Å². The molecule has 0 bridgehead atoms. The number of amides is 1. The minimum absolute atomic E-state index is 0.000639. The number of thiazole rings is 1. The molecule has 0 fully saturated rings. The van der Waals surface area contributed by atoms with Crippen molar-refractivity contribution in [3.63, 3.8) is 0 Å². The Kier molecular flexibility index (Phi) is 7.67. The number of carbonyl (C=O) groups is 2. The number of benzene rings is 2. The van der Waals surface area contributed by atoms with Crippen LogP contribution in [0.4, 0.5) is 24.0 Å². The number of aromatic carboxylic acids is 1. The number of aromatic nitrogens is 1. The quantitative estimate of drug-likeness (QED) is 0.356. The van der Waals surface area contributed by atoms with Crippen LogP contribution in [-0.4, -0.2) is 33.7 Å². The topological polar surface area (TPSA) is 112 Å². The van der Waals surface area contributed by atoms with Gasteiger partial charge in [0.2, 0.25) is 0 Å². The van der Waals surface area contributed by atoms with Gasteiger partial charge in [-0.25, -0.2) is 9.78 Å². The second kappa shape index (κ2) is 10.5. The summed E-state index contributed by atoms with van der Waals surface area (Å²) in [7, 11) is 0. The summed E-state index contributed by atoms with van der Waals surface area (Å²) >= 11 is 0.827. The number of hydrogen-bond acceptors (Lipinski definition) is 6. The molecule has 0 aliphatic carbocycles. The Morgan fingerprint density at radius 3 is 2.39 bits per heavy atom. The van der Waals surface area contributed by atoms with Gasteiger partial charge in [-0.2, -0.15) is 13.2 Å². The Labute approximate surface area is 190 Å². The number of anilines is 2. The molecular formula is C22H20F3N3O4S. The maximum Gasteiger partial charge on any atom is 0.418 e. The summed E-state index contributed by atoms with van der Waals surface area (Å²) in [6.07, 6.45) is -3.86. The van der Waals surface area contributed by atoms with Crippen LogP contribution in [0.3, 0.4) is 0 Å². The van der Waals surface area contributed by atoms with E-state index in [2.05, 4.69) is 15.6 Å². The Hall–Kier alpha value is -3.44. The van der Waals surface area contributed by atoms with Crippen LogP contribution in [0.1, 0.15) is 43.3 Å². The number of carboxylic acid groups (broad SMARTS) is 1. The van der Waals surface area contributed by atoms with Crippen LogP contribution in [-0.2, 0) is 19.1 Å². The number of nitrogens with one attached hydrogen (secondary N) is 2. The average molecular weight is 479 g/mol. The molecule has 0 atom stereocenters. The number of aryl methyl sites for hydroxylation is 1. The van der Waals surface area contributed by atoms with E-state index in [-0.39, 0.29) is 46.5 Å². The van der Waals surface area contributed by atoms with Crippen LogP contribution < -0.4 is 10.6 Å². The summed E-state index contributed by atoms with van der Waals surface area (Å²) in [5.74, 6) is -1.67. The van der Waals surface area contributed by atoms with E-state index in [1.807, 2.05) is 0 Å². The Bertz CT molecular complexity index is 1130. The smallest absolute Gasteiger partial charge is 0.418 e. The van der Waals surface area contributed by atoms with E-state index in [4.69, 9.17) is 5.11 Å². The first-order chi connectivity index (χ1) is 15.7. The summed E-state index contributed by atoms with van der Waals surface area (Å²) in [4.78, 5) is 28.0. The van der Waals surface area contributed by atoms with E-state index in [9.17, 15) is 27.9 Å². The van der Waals surface area contributed by atoms with Crippen molar-refractivity contribution in [3.8, 4) is 0 Å². The van der Waals surface area contributed by atoms with Crippen LogP contribution in [0, 0.1) is 0 Å². The molecular weight excluding hydrogens is 459 g/mol. The van der Waals surface area contributed by atoms with E-state index < -0.39 is 23.6 Å². The normalized spacial score (nSPS) is 11.3. The molecule has 0 aliphatic rings. The lowest BCUT2D eigenvalue weighted by Gasteiger charge is -2.14. The number of para-hydroxylation sites is 1. The van der Waals surface area contributed by atoms with Crippen molar-refractivity contribution in [1.29, 1.82) is 0 Å². The van der Waals surface area contributed by atoms with Gasteiger partial charge in [0, 0.05) is 24.4 Å². The molecule has 1 amide bonds. The van der Waals surface area contributed by atoms with Crippen LogP contribution in [0.15, 0.2) is 48.5 Å². The molecule has 0 saturated carbocycles. The van der Waals surface area contributed by atoms with Crippen molar-refractivity contribution >= 4 is 34.0 Å². The van der Waals surface area contributed by atoms with Gasteiger partial charge in [-0.05, 0) is 42.7 Å². The van der Waals surface area contributed by atoms with E-state index >= 15 is 0 Å². The minimum atomic E-state index is -4.47. The van der Waals surface area contributed by atoms with Gasteiger partial charge in [-0.15, -0.1) is 0 Å². The predicted molar refractivity (Wildman–Crippen MR) is 118 cm³/mol. The molecule has 2 aromatic carbocycles. The molecule has 0 saturated heterocycles. The maximum atomic E-state index is 13.1. The molecule has 0 radical (unpaired) electrons. The lowest BCUT2D eigenvalue weighted by molar-refractivity contribution is -0.137. The molecule has 3 aromatic rings. The number of alkyl halides is 3. The highest BCUT2D eigenvalue weighted by Crippen LogP contribution is 2.34. The number of halogens is 3. The molecule has 11 heteroatoms.